The molecule has 0 saturated carbocycles. The van der Waals surface area contributed by atoms with Gasteiger partial charge in [0.05, 0.1) is 6.61 Å². The Hall–Kier alpha value is -0.0300. The summed E-state index contributed by atoms with van der Waals surface area (Å²) in [5.74, 6) is 0. The van der Waals surface area contributed by atoms with E-state index >= 15 is 0 Å². The molecule has 0 amide bonds. The van der Waals surface area contributed by atoms with E-state index in [-0.39, 0.29) is 13.2 Å². The number of halogens is 1. The molecule has 1 rings (SSSR count). The van der Waals surface area contributed by atoms with Gasteiger partial charge in [0, 0.05) is 21.2 Å². The van der Waals surface area contributed by atoms with Gasteiger partial charge in [-0.1, -0.05) is 28.9 Å². The van der Waals surface area contributed by atoms with Crippen molar-refractivity contribution in [3.8, 4) is 0 Å². The second-order valence-corrected chi connectivity index (χ2v) is 5.75. The first-order valence-electron chi connectivity index (χ1n) is 4.84. The highest BCUT2D eigenvalue weighted by molar-refractivity contribution is 9.10. The first-order chi connectivity index (χ1) is 7.17. The van der Waals surface area contributed by atoms with Gasteiger partial charge in [0.15, 0.2) is 0 Å². The van der Waals surface area contributed by atoms with Crippen molar-refractivity contribution >= 4 is 27.7 Å². The third kappa shape index (κ3) is 4.15. The lowest BCUT2D eigenvalue weighted by Crippen LogP contribution is -2.00. The fourth-order valence-corrected chi connectivity index (χ4v) is 2.87. The summed E-state index contributed by atoms with van der Waals surface area (Å²) in [6.45, 7) is 2.33. The van der Waals surface area contributed by atoms with Crippen molar-refractivity contribution in [1.29, 1.82) is 0 Å². The predicted octanol–water partition coefficient (Wildman–Crippen LogP) is 2.80. The van der Waals surface area contributed by atoms with Gasteiger partial charge in [-0.15, -0.1) is 11.8 Å². The largest absolute Gasteiger partial charge is 0.396 e. The zero-order valence-corrected chi connectivity index (χ0v) is 11.0. The molecule has 2 nitrogen and oxygen atoms in total. The maximum atomic E-state index is 9.17. The van der Waals surface area contributed by atoms with Crippen LogP contribution in [0, 0.1) is 0 Å². The molecule has 1 aromatic carbocycles. The summed E-state index contributed by atoms with van der Waals surface area (Å²) in [5, 5.41) is 18.4. The van der Waals surface area contributed by atoms with E-state index in [4.69, 9.17) is 5.11 Å². The zero-order valence-electron chi connectivity index (χ0n) is 8.61. The van der Waals surface area contributed by atoms with E-state index in [1.807, 2.05) is 18.2 Å². The maximum Gasteiger partial charge on any atom is 0.0692 e. The molecule has 0 aliphatic heterocycles. The van der Waals surface area contributed by atoms with Crippen molar-refractivity contribution in [2.45, 2.75) is 30.1 Å². The Bertz CT molecular complexity index is 317. The van der Waals surface area contributed by atoms with Crippen LogP contribution in [0.1, 0.15) is 18.9 Å². The van der Waals surface area contributed by atoms with Gasteiger partial charge in [0.25, 0.3) is 0 Å². The van der Waals surface area contributed by atoms with E-state index in [0.29, 0.717) is 5.25 Å². The van der Waals surface area contributed by atoms with Gasteiger partial charge in [0.1, 0.15) is 0 Å². The first-order valence-corrected chi connectivity index (χ1v) is 6.51. The number of aliphatic hydroxyl groups is 2. The highest BCUT2D eigenvalue weighted by atomic mass is 79.9. The van der Waals surface area contributed by atoms with Crippen LogP contribution in [0.25, 0.3) is 0 Å². The Kier molecular flexibility index (Phi) is 5.68. The van der Waals surface area contributed by atoms with E-state index in [9.17, 15) is 5.11 Å². The fraction of sp³-hybridized carbons (Fsp3) is 0.455. The molecule has 0 aliphatic carbocycles. The SMILES string of the molecule is CC(CCO)Sc1cc(Br)ccc1CO. The number of hydrogen-bond acceptors (Lipinski definition) is 3. The third-order valence-electron chi connectivity index (χ3n) is 2.06. The summed E-state index contributed by atoms with van der Waals surface area (Å²) in [6.07, 6.45) is 0.766. The van der Waals surface area contributed by atoms with Gasteiger partial charge in [-0.05, 0) is 24.1 Å². The van der Waals surface area contributed by atoms with Crippen molar-refractivity contribution in [3.05, 3.63) is 28.2 Å². The van der Waals surface area contributed by atoms with Crippen molar-refractivity contribution in [2.24, 2.45) is 0 Å². The van der Waals surface area contributed by atoms with Crippen molar-refractivity contribution in [2.75, 3.05) is 6.61 Å². The van der Waals surface area contributed by atoms with Gasteiger partial charge in [0.2, 0.25) is 0 Å². The minimum Gasteiger partial charge on any atom is -0.396 e. The second kappa shape index (κ2) is 6.53. The quantitative estimate of drug-likeness (QED) is 0.820. The summed E-state index contributed by atoms with van der Waals surface area (Å²) in [4.78, 5) is 1.08. The van der Waals surface area contributed by atoms with Gasteiger partial charge in [-0.3, -0.25) is 0 Å². The predicted molar refractivity (Wildman–Crippen MR) is 67.1 cm³/mol. The molecule has 0 aliphatic rings. The highest BCUT2D eigenvalue weighted by Gasteiger charge is 2.08. The van der Waals surface area contributed by atoms with Crippen LogP contribution in [-0.4, -0.2) is 22.1 Å². The molecule has 0 bridgehead atoms. The molecule has 1 atom stereocenters. The number of rotatable bonds is 5. The zero-order chi connectivity index (χ0) is 11.3. The summed E-state index contributed by atoms with van der Waals surface area (Å²) < 4.78 is 1.01. The van der Waals surface area contributed by atoms with E-state index in [1.54, 1.807) is 11.8 Å². The standard InChI is InChI=1S/C11H15BrO2S/c1-8(4-5-13)15-11-6-10(12)3-2-9(11)7-14/h2-3,6,8,13-14H,4-5,7H2,1H3. The van der Waals surface area contributed by atoms with Crippen LogP contribution in [0.3, 0.4) is 0 Å². The number of thioether (sulfide) groups is 1. The van der Waals surface area contributed by atoms with E-state index in [2.05, 4.69) is 22.9 Å². The molecule has 0 spiro atoms. The van der Waals surface area contributed by atoms with Crippen LogP contribution < -0.4 is 0 Å². The fourth-order valence-electron chi connectivity index (χ4n) is 1.23. The number of hydrogen-bond donors (Lipinski definition) is 2. The third-order valence-corrected chi connectivity index (χ3v) is 3.83. The van der Waals surface area contributed by atoms with E-state index in [0.717, 1.165) is 21.4 Å². The van der Waals surface area contributed by atoms with Gasteiger partial charge >= 0.3 is 0 Å². The molecule has 4 heteroatoms. The molecule has 0 aromatic heterocycles. The van der Waals surface area contributed by atoms with Crippen LogP contribution in [0.2, 0.25) is 0 Å². The Morgan fingerprint density at radius 1 is 1.40 bits per heavy atom. The van der Waals surface area contributed by atoms with Crippen molar-refractivity contribution in [3.63, 3.8) is 0 Å². The summed E-state index contributed by atoms with van der Waals surface area (Å²) in [6, 6.07) is 5.84. The van der Waals surface area contributed by atoms with Crippen LogP contribution >= 0.6 is 27.7 Å². The Labute approximate surface area is 103 Å². The molecule has 84 valence electrons. The van der Waals surface area contributed by atoms with Crippen LogP contribution in [0.4, 0.5) is 0 Å². The first kappa shape index (κ1) is 13.0. The van der Waals surface area contributed by atoms with Crippen molar-refractivity contribution in [1.82, 2.24) is 0 Å². The lowest BCUT2D eigenvalue weighted by atomic mass is 10.2. The molecule has 1 aromatic rings. The molecule has 15 heavy (non-hydrogen) atoms. The van der Waals surface area contributed by atoms with E-state index in [1.165, 1.54) is 0 Å². The average molecular weight is 291 g/mol. The normalized spacial score (nSPS) is 12.8. The van der Waals surface area contributed by atoms with Gasteiger partial charge < -0.3 is 10.2 Å². The van der Waals surface area contributed by atoms with Crippen molar-refractivity contribution < 1.29 is 10.2 Å². The summed E-state index contributed by atoms with van der Waals surface area (Å²) >= 11 is 5.09. The van der Waals surface area contributed by atoms with Gasteiger partial charge in [-0.25, -0.2) is 0 Å². The minimum absolute atomic E-state index is 0.0570. The molecule has 0 heterocycles. The van der Waals surface area contributed by atoms with Crippen LogP contribution in [-0.2, 0) is 6.61 Å². The Morgan fingerprint density at radius 2 is 2.13 bits per heavy atom. The topological polar surface area (TPSA) is 40.5 Å². The Balaban J connectivity index is 2.77. The summed E-state index contributed by atoms with van der Waals surface area (Å²) in [7, 11) is 0. The van der Waals surface area contributed by atoms with Crippen LogP contribution in [0.5, 0.6) is 0 Å². The molecule has 0 fully saturated rings. The van der Waals surface area contributed by atoms with Gasteiger partial charge in [-0.2, -0.15) is 0 Å². The molecule has 0 saturated heterocycles. The molecule has 2 N–H and O–H groups in total. The molecular formula is C11H15BrO2S. The molecule has 0 radical (unpaired) electrons. The number of aliphatic hydroxyl groups excluding tert-OH is 2. The van der Waals surface area contributed by atoms with E-state index < -0.39 is 0 Å². The minimum atomic E-state index is 0.0570. The lowest BCUT2D eigenvalue weighted by molar-refractivity contribution is 0.279. The smallest absolute Gasteiger partial charge is 0.0692 e. The Morgan fingerprint density at radius 3 is 2.73 bits per heavy atom. The summed E-state index contributed by atoms with van der Waals surface area (Å²) in [5.41, 5.74) is 0.938. The second-order valence-electron chi connectivity index (χ2n) is 3.35. The lowest BCUT2D eigenvalue weighted by Gasteiger charge is -2.12. The molecule has 1 unspecified atom stereocenters. The van der Waals surface area contributed by atoms with Crippen LogP contribution in [0.15, 0.2) is 27.6 Å². The highest BCUT2D eigenvalue weighted by Crippen LogP contribution is 2.30. The number of benzene rings is 1. The molecular weight excluding hydrogens is 276 g/mol. The monoisotopic (exact) mass is 290 g/mol. The average Bonchev–Trinajstić information content (AvgIpc) is 2.18. The maximum absolute atomic E-state index is 9.17.